The van der Waals surface area contributed by atoms with Crippen molar-refractivity contribution in [1.82, 2.24) is 20.1 Å². The monoisotopic (exact) mass is 406 g/mol. The number of halogens is 3. The summed E-state index contributed by atoms with van der Waals surface area (Å²) in [5.41, 5.74) is 1.61. The van der Waals surface area contributed by atoms with Gasteiger partial charge >= 0.3 is 0 Å². The molecule has 0 spiro atoms. The van der Waals surface area contributed by atoms with Crippen LogP contribution in [-0.4, -0.2) is 20.7 Å². The molecule has 5 nitrogen and oxygen atoms in total. The van der Waals surface area contributed by atoms with E-state index in [0.29, 0.717) is 23.4 Å². The van der Waals surface area contributed by atoms with Crippen LogP contribution in [-0.2, 0) is 6.42 Å². The Labute approximate surface area is 166 Å². The quantitative estimate of drug-likeness (QED) is 0.620. The van der Waals surface area contributed by atoms with Crippen LogP contribution >= 0.6 is 23.2 Å². The number of amides is 1. The molecule has 0 saturated heterocycles. The molecule has 0 aliphatic rings. The van der Waals surface area contributed by atoms with Crippen molar-refractivity contribution in [3.63, 3.8) is 0 Å². The molecular formula is C19H17Cl2FN4O. The first-order chi connectivity index (χ1) is 12.9. The summed E-state index contributed by atoms with van der Waals surface area (Å²) in [6.45, 7) is 3.66. The highest BCUT2D eigenvalue weighted by Gasteiger charge is 2.21. The summed E-state index contributed by atoms with van der Waals surface area (Å²) in [6, 6.07) is 7.51. The summed E-state index contributed by atoms with van der Waals surface area (Å²) in [5, 5.41) is 7.35. The summed E-state index contributed by atoms with van der Waals surface area (Å²) in [6.07, 6.45) is 3.75. The van der Waals surface area contributed by atoms with E-state index < -0.39 is 11.9 Å². The molecule has 1 N–H and O–H groups in total. The second-order valence-electron chi connectivity index (χ2n) is 5.94. The van der Waals surface area contributed by atoms with Crippen LogP contribution in [0.5, 0.6) is 0 Å². The van der Waals surface area contributed by atoms with Gasteiger partial charge in [0, 0.05) is 11.2 Å². The predicted molar refractivity (Wildman–Crippen MR) is 103 cm³/mol. The molecule has 0 radical (unpaired) electrons. The van der Waals surface area contributed by atoms with Gasteiger partial charge in [-0.05, 0) is 43.2 Å². The van der Waals surface area contributed by atoms with Crippen LogP contribution in [0.1, 0.15) is 41.5 Å². The second-order valence-corrected chi connectivity index (χ2v) is 6.76. The lowest BCUT2D eigenvalue weighted by atomic mass is 10.1. The standard InChI is InChI=1S/C19H17Cl2FN4O/c1-3-17-13(10-24-26(17)18-6-4-5-7-23-18)19(27)25-11(2)12-8-16(22)15(21)9-14(12)20/h4-11H,3H2,1-2H3,(H,25,27). The van der Waals surface area contributed by atoms with Crippen LogP contribution in [0.4, 0.5) is 4.39 Å². The van der Waals surface area contributed by atoms with E-state index in [2.05, 4.69) is 15.4 Å². The zero-order valence-corrected chi connectivity index (χ0v) is 16.2. The number of hydrogen-bond donors (Lipinski definition) is 1. The molecule has 2 aromatic heterocycles. The van der Waals surface area contributed by atoms with Crippen LogP contribution in [0.2, 0.25) is 10.0 Å². The normalized spacial score (nSPS) is 12.0. The Morgan fingerprint density at radius 1 is 1.30 bits per heavy atom. The van der Waals surface area contributed by atoms with Crippen LogP contribution in [0.25, 0.3) is 5.82 Å². The SMILES string of the molecule is CCc1c(C(=O)NC(C)c2cc(F)c(Cl)cc2Cl)cnn1-c1ccccn1. The van der Waals surface area contributed by atoms with Gasteiger partial charge in [-0.25, -0.2) is 14.1 Å². The van der Waals surface area contributed by atoms with Gasteiger partial charge in [-0.15, -0.1) is 0 Å². The third kappa shape index (κ3) is 3.96. The summed E-state index contributed by atoms with van der Waals surface area (Å²) in [5.74, 6) is -0.286. The molecular weight excluding hydrogens is 390 g/mol. The molecule has 140 valence electrons. The van der Waals surface area contributed by atoms with Crippen LogP contribution < -0.4 is 5.32 Å². The number of carbonyl (C=O) groups excluding carboxylic acids is 1. The lowest BCUT2D eigenvalue weighted by Crippen LogP contribution is -2.27. The van der Waals surface area contributed by atoms with Crippen molar-refractivity contribution in [2.75, 3.05) is 0 Å². The number of nitrogens with one attached hydrogen (secondary N) is 1. The molecule has 0 fully saturated rings. The first kappa shape index (κ1) is 19.3. The molecule has 1 aromatic carbocycles. The van der Waals surface area contributed by atoms with Crippen molar-refractivity contribution < 1.29 is 9.18 Å². The molecule has 3 aromatic rings. The predicted octanol–water partition coefficient (Wildman–Crippen LogP) is 4.77. The van der Waals surface area contributed by atoms with E-state index in [-0.39, 0.29) is 16.0 Å². The van der Waals surface area contributed by atoms with E-state index in [1.807, 2.05) is 25.1 Å². The van der Waals surface area contributed by atoms with Gasteiger partial charge in [0.05, 0.1) is 28.5 Å². The number of pyridine rings is 1. The molecule has 0 bridgehead atoms. The van der Waals surface area contributed by atoms with Gasteiger partial charge in [0.1, 0.15) is 5.82 Å². The van der Waals surface area contributed by atoms with Crippen LogP contribution in [0, 0.1) is 5.82 Å². The first-order valence-electron chi connectivity index (χ1n) is 8.36. The zero-order valence-electron chi connectivity index (χ0n) is 14.7. The lowest BCUT2D eigenvalue weighted by molar-refractivity contribution is 0.0939. The van der Waals surface area contributed by atoms with E-state index in [0.717, 1.165) is 5.69 Å². The number of nitrogens with zero attached hydrogens (tertiary/aromatic N) is 3. The molecule has 8 heteroatoms. The fraction of sp³-hybridized carbons (Fsp3) is 0.211. The highest BCUT2D eigenvalue weighted by Crippen LogP contribution is 2.29. The van der Waals surface area contributed by atoms with Crippen LogP contribution in [0.3, 0.4) is 0 Å². The van der Waals surface area contributed by atoms with Crippen molar-refractivity contribution in [3.8, 4) is 5.82 Å². The third-order valence-electron chi connectivity index (χ3n) is 4.17. The van der Waals surface area contributed by atoms with E-state index in [4.69, 9.17) is 23.2 Å². The lowest BCUT2D eigenvalue weighted by Gasteiger charge is -2.16. The fourth-order valence-electron chi connectivity index (χ4n) is 2.80. The van der Waals surface area contributed by atoms with Crippen molar-refractivity contribution in [1.29, 1.82) is 0 Å². The molecule has 1 unspecified atom stereocenters. The summed E-state index contributed by atoms with van der Waals surface area (Å²) < 4.78 is 15.4. The van der Waals surface area contributed by atoms with Crippen molar-refractivity contribution in [3.05, 3.63) is 75.4 Å². The Morgan fingerprint density at radius 2 is 2.07 bits per heavy atom. The van der Waals surface area contributed by atoms with Crippen molar-refractivity contribution >= 4 is 29.1 Å². The maximum absolute atomic E-state index is 13.8. The van der Waals surface area contributed by atoms with Crippen molar-refractivity contribution in [2.24, 2.45) is 0 Å². The Kier molecular flexibility index (Phi) is 5.77. The van der Waals surface area contributed by atoms with Gasteiger partial charge in [0.15, 0.2) is 5.82 Å². The fourth-order valence-corrected chi connectivity index (χ4v) is 3.35. The summed E-state index contributed by atoms with van der Waals surface area (Å²) in [4.78, 5) is 17.0. The van der Waals surface area contributed by atoms with Gasteiger partial charge in [0.25, 0.3) is 5.91 Å². The van der Waals surface area contributed by atoms with E-state index >= 15 is 0 Å². The van der Waals surface area contributed by atoms with Crippen molar-refractivity contribution in [2.45, 2.75) is 26.3 Å². The average Bonchev–Trinajstić information content (AvgIpc) is 3.09. The summed E-state index contributed by atoms with van der Waals surface area (Å²) in [7, 11) is 0. The summed E-state index contributed by atoms with van der Waals surface area (Å²) >= 11 is 11.9. The van der Waals surface area contributed by atoms with E-state index in [1.165, 1.54) is 18.3 Å². The number of hydrogen-bond acceptors (Lipinski definition) is 3. The zero-order chi connectivity index (χ0) is 19.6. The van der Waals surface area contributed by atoms with Gasteiger partial charge in [0.2, 0.25) is 0 Å². The third-order valence-corrected chi connectivity index (χ3v) is 4.79. The Bertz CT molecular complexity index is 975. The van der Waals surface area contributed by atoms with E-state index in [1.54, 1.807) is 17.8 Å². The maximum atomic E-state index is 13.8. The highest BCUT2D eigenvalue weighted by molar-refractivity contribution is 6.35. The topological polar surface area (TPSA) is 59.8 Å². The smallest absolute Gasteiger partial charge is 0.255 e. The molecule has 0 aliphatic heterocycles. The number of aromatic nitrogens is 3. The molecule has 2 heterocycles. The minimum absolute atomic E-state index is 0.0628. The molecule has 0 aliphatic carbocycles. The molecule has 27 heavy (non-hydrogen) atoms. The van der Waals surface area contributed by atoms with E-state index in [9.17, 15) is 9.18 Å². The minimum Gasteiger partial charge on any atom is -0.345 e. The Balaban J connectivity index is 1.87. The Morgan fingerprint density at radius 3 is 2.74 bits per heavy atom. The van der Waals surface area contributed by atoms with Gasteiger partial charge < -0.3 is 5.32 Å². The number of rotatable bonds is 5. The highest BCUT2D eigenvalue weighted by atomic mass is 35.5. The molecule has 1 atom stereocenters. The molecule has 3 rings (SSSR count). The first-order valence-corrected chi connectivity index (χ1v) is 9.11. The van der Waals surface area contributed by atoms with Gasteiger partial charge in [-0.1, -0.05) is 36.2 Å². The number of carbonyl (C=O) groups is 1. The Hall–Kier alpha value is -2.44. The minimum atomic E-state index is -0.589. The number of benzene rings is 1. The van der Waals surface area contributed by atoms with Gasteiger partial charge in [-0.2, -0.15) is 5.10 Å². The van der Waals surface area contributed by atoms with Crippen LogP contribution in [0.15, 0.2) is 42.7 Å². The largest absolute Gasteiger partial charge is 0.345 e. The van der Waals surface area contributed by atoms with Gasteiger partial charge in [-0.3, -0.25) is 4.79 Å². The second kappa shape index (κ2) is 8.06. The molecule has 1 amide bonds. The maximum Gasteiger partial charge on any atom is 0.255 e. The molecule has 0 saturated carbocycles. The average molecular weight is 407 g/mol.